The van der Waals surface area contributed by atoms with E-state index >= 15 is 0 Å². The molecule has 1 N–H and O–H groups in total. The Bertz CT molecular complexity index is 1100. The number of hydrogen-bond acceptors (Lipinski definition) is 3. The zero-order valence-corrected chi connectivity index (χ0v) is 17.6. The van der Waals surface area contributed by atoms with E-state index in [9.17, 15) is 17.6 Å². The van der Waals surface area contributed by atoms with Gasteiger partial charge in [-0.2, -0.15) is 0 Å². The van der Waals surface area contributed by atoms with E-state index in [0.717, 1.165) is 27.6 Å². The van der Waals surface area contributed by atoms with Gasteiger partial charge in [0, 0.05) is 0 Å². The second kappa shape index (κ2) is 9.09. The van der Waals surface area contributed by atoms with Crippen molar-refractivity contribution >= 4 is 21.6 Å². The van der Waals surface area contributed by atoms with E-state index in [0.29, 0.717) is 5.69 Å². The molecule has 3 aromatic carbocycles. The summed E-state index contributed by atoms with van der Waals surface area (Å²) in [5.41, 5.74) is 2.37. The lowest BCUT2D eigenvalue weighted by molar-refractivity contribution is -0.120. The van der Waals surface area contributed by atoms with Gasteiger partial charge in [-0.3, -0.25) is 9.10 Å². The molecule has 0 aliphatic carbocycles. The molecule has 3 aromatic rings. The molecular weight excluding hydrogens is 403 g/mol. The molecule has 0 saturated carbocycles. The number of rotatable bonds is 7. The SMILES string of the molecule is Cc1ccc(C(C)NC(=O)CN(c2ccccc2)S(=O)(=O)c2ccc(F)cc2)cc1. The van der Waals surface area contributed by atoms with Crippen molar-refractivity contribution in [3.8, 4) is 0 Å². The number of hydrogen-bond donors (Lipinski definition) is 1. The fraction of sp³-hybridized carbons (Fsp3) is 0.174. The van der Waals surface area contributed by atoms with Gasteiger partial charge in [-0.15, -0.1) is 0 Å². The van der Waals surface area contributed by atoms with Gasteiger partial charge in [-0.1, -0.05) is 48.0 Å². The van der Waals surface area contributed by atoms with Crippen molar-refractivity contribution in [1.29, 1.82) is 0 Å². The van der Waals surface area contributed by atoms with E-state index < -0.39 is 28.3 Å². The standard InChI is InChI=1S/C23H23FN2O3S/c1-17-8-10-19(11-9-17)18(2)25-23(27)16-26(21-6-4-3-5-7-21)30(28,29)22-14-12-20(24)13-15-22/h3-15,18H,16H2,1-2H3,(H,25,27). The third-order valence-electron chi connectivity index (χ3n) is 4.69. The molecule has 1 amide bonds. The van der Waals surface area contributed by atoms with Crippen LogP contribution in [-0.4, -0.2) is 20.9 Å². The highest BCUT2D eigenvalue weighted by Gasteiger charge is 2.27. The Morgan fingerprint density at radius 2 is 1.57 bits per heavy atom. The third-order valence-corrected chi connectivity index (χ3v) is 6.48. The smallest absolute Gasteiger partial charge is 0.264 e. The van der Waals surface area contributed by atoms with Crippen molar-refractivity contribution in [1.82, 2.24) is 5.32 Å². The number of benzene rings is 3. The molecule has 3 rings (SSSR count). The van der Waals surface area contributed by atoms with E-state index in [1.807, 2.05) is 38.1 Å². The van der Waals surface area contributed by atoms with Crippen LogP contribution < -0.4 is 9.62 Å². The summed E-state index contributed by atoms with van der Waals surface area (Å²) in [6.45, 7) is 3.41. The van der Waals surface area contributed by atoms with Crippen LogP contribution in [0.1, 0.15) is 24.1 Å². The molecule has 1 atom stereocenters. The van der Waals surface area contributed by atoms with Crippen LogP contribution in [0.2, 0.25) is 0 Å². The van der Waals surface area contributed by atoms with Crippen LogP contribution >= 0.6 is 0 Å². The van der Waals surface area contributed by atoms with Crippen LogP contribution in [0, 0.1) is 12.7 Å². The molecular formula is C23H23FN2O3S. The van der Waals surface area contributed by atoms with Crippen LogP contribution in [0.25, 0.3) is 0 Å². The van der Waals surface area contributed by atoms with Crippen LogP contribution in [0.5, 0.6) is 0 Å². The summed E-state index contributed by atoms with van der Waals surface area (Å²) in [6.07, 6.45) is 0. The first-order valence-corrected chi connectivity index (χ1v) is 10.9. The number of aryl methyl sites for hydroxylation is 1. The number of carbonyl (C=O) groups is 1. The van der Waals surface area contributed by atoms with Crippen LogP contribution in [-0.2, 0) is 14.8 Å². The van der Waals surface area contributed by atoms with Crippen molar-refractivity contribution in [3.05, 3.63) is 95.8 Å². The van der Waals surface area contributed by atoms with Gasteiger partial charge in [0.1, 0.15) is 12.4 Å². The maximum Gasteiger partial charge on any atom is 0.264 e. The second-order valence-electron chi connectivity index (χ2n) is 7.00. The summed E-state index contributed by atoms with van der Waals surface area (Å²) in [6, 6.07) is 20.3. The highest BCUT2D eigenvalue weighted by molar-refractivity contribution is 7.92. The number of halogens is 1. The van der Waals surface area contributed by atoms with Gasteiger partial charge in [0.15, 0.2) is 0 Å². The van der Waals surface area contributed by atoms with Crippen molar-refractivity contribution in [2.75, 3.05) is 10.8 Å². The summed E-state index contributed by atoms with van der Waals surface area (Å²) in [5, 5.41) is 2.84. The van der Waals surface area contributed by atoms with Gasteiger partial charge in [0.25, 0.3) is 10.0 Å². The number of amides is 1. The molecule has 7 heteroatoms. The molecule has 0 radical (unpaired) electrons. The van der Waals surface area contributed by atoms with Crippen molar-refractivity contribution < 1.29 is 17.6 Å². The van der Waals surface area contributed by atoms with Gasteiger partial charge in [0.2, 0.25) is 5.91 Å². The highest BCUT2D eigenvalue weighted by Crippen LogP contribution is 2.24. The zero-order valence-electron chi connectivity index (χ0n) is 16.7. The lowest BCUT2D eigenvalue weighted by atomic mass is 10.1. The summed E-state index contributed by atoms with van der Waals surface area (Å²) in [7, 11) is -4.07. The monoisotopic (exact) mass is 426 g/mol. The number of nitrogens with zero attached hydrogens (tertiary/aromatic N) is 1. The largest absolute Gasteiger partial charge is 0.348 e. The Hall–Kier alpha value is -3.19. The average Bonchev–Trinajstić information content (AvgIpc) is 2.73. The third kappa shape index (κ3) is 5.04. The van der Waals surface area contributed by atoms with Crippen LogP contribution in [0.15, 0.2) is 83.8 Å². The van der Waals surface area contributed by atoms with E-state index in [4.69, 9.17) is 0 Å². The summed E-state index contributed by atoms with van der Waals surface area (Å²) in [5.74, 6) is -0.984. The number of para-hydroxylation sites is 1. The summed E-state index contributed by atoms with van der Waals surface area (Å²) >= 11 is 0. The normalized spacial score (nSPS) is 12.2. The molecule has 0 heterocycles. The van der Waals surface area contributed by atoms with E-state index in [2.05, 4.69) is 5.32 Å². The van der Waals surface area contributed by atoms with E-state index in [-0.39, 0.29) is 10.9 Å². The molecule has 0 aliphatic heterocycles. The summed E-state index contributed by atoms with van der Waals surface area (Å²) < 4.78 is 40.7. The second-order valence-corrected chi connectivity index (χ2v) is 8.86. The first-order chi connectivity index (χ1) is 14.3. The predicted octanol–water partition coefficient (Wildman–Crippen LogP) is 4.21. The average molecular weight is 427 g/mol. The minimum absolute atomic E-state index is 0.0906. The van der Waals surface area contributed by atoms with Crippen molar-refractivity contribution in [2.45, 2.75) is 24.8 Å². The van der Waals surface area contributed by atoms with Gasteiger partial charge >= 0.3 is 0 Å². The van der Waals surface area contributed by atoms with Gasteiger partial charge < -0.3 is 5.32 Å². The van der Waals surface area contributed by atoms with Gasteiger partial charge in [-0.05, 0) is 55.8 Å². The predicted molar refractivity (Wildman–Crippen MR) is 115 cm³/mol. The topological polar surface area (TPSA) is 66.5 Å². The molecule has 0 spiro atoms. The van der Waals surface area contributed by atoms with Gasteiger partial charge in [-0.25, -0.2) is 12.8 Å². The molecule has 1 unspecified atom stereocenters. The van der Waals surface area contributed by atoms with Crippen LogP contribution in [0.3, 0.4) is 0 Å². The van der Waals surface area contributed by atoms with E-state index in [1.54, 1.807) is 30.3 Å². The molecule has 0 fully saturated rings. The lowest BCUT2D eigenvalue weighted by Crippen LogP contribution is -2.41. The fourth-order valence-corrected chi connectivity index (χ4v) is 4.42. The minimum atomic E-state index is -4.07. The fourth-order valence-electron chi connectivity index (χ4n) is 3.00. The number of anilines is 1. The molecule has 0 bridgehead atoms. The first kappa shape index (κ1) is 21.5. The molecule has 156 valence electrons. The Morgan fingerprint density at radius 1 is 0.967 bits per heavy atom. The molecule has 0 saturated heterocycles. The lowest BCUT2D eigenvalue weighted by Gasteiger charge is -2.25. The Balaban J connectivity index is 1.85. The van der Waals surface area contributed by atoms with Gasteiger partial charge in [0.05, 0.1) is 16.6 Å². The molecule has 30 heavy (non-hydrogen) atoms. The van der Waals surface area contributed by atoms with Crippen LogP contribution in [0.4, 0.5) is 10.1 Å². The van der Waals surface area contributed by atoms with E-state index in [1.165, 1.54) is 12.1 Å². The molecule has 0 aliphatic rings. The highest BCUT2D eigenvalue weighted by atomic mass is 32.2. The Morgan fingerprint density at radius 3 is 2.17 bits per heavy atom. The van der Waals surface area contributed by atoms with Crippen molar-refractivity contribution in [2.24, 2.45) is 0 Å². The first-order valence-electron chi connectivity index (χ1n) is 9.46. The van der Waals surface area contributed by atoms with Crippen molar-refractivity contribution in [3.63, 3.8) is 0 Å². The number of nitrogens with one attached hydrogen (secondary N) is 1. The maximum absolute atomic E-state index is 13.3. The number of carbonyl (C=O) groups excluding carboxylic acids is 1. The Labute approximate surface area is 176 Å². The summed E-state index contributed by atoms with van der Waals surface area (Å²) in [4.78, 5) is 12.6. The maximum atomic E-state index is 13.3. The quantitative estimate of drug-likeness (QED) is 0.616. The molecule has 0 aromatic heterocycles. The zero-order chi connectivity index (χ0) is 21.7. The molecule has 5 nitrogen and oxygen atoms in total. The number of sulfonamides is 1. The minimum Gasteiger partial charge on any atom is -0.348 e. The Kier molecular flexibility index (Phi) is 6.52.